The molecule has 0 saturated carbocycles. The first-order valence-corrected chi connectivity index (χ1v) is 10.4. The van der Waals surface area contributed by atoms with Crippen LogP contribution in [0.3, 0.4) is 0 Å². The van der Waals surface area contributed by atoms with Crippen molar-refractivity contribution in [3.63, 3.8) is 0 Å². The van der Waals surface area contributed by atoms with Crippen molar-refractivity contribution in [2.45, 2.75) is 0 Å². The van der Waals surface area contributed by atoms with E-state index in [1.807, 2.05) is 91.0 Å². The SMILES string of the molecule is O=[Se](O)c1n(-c2ccccc2)nc(-c2ccccc2)[n+]1-c1ccccc1. The van der Waals surface area contributed by atoms with Gasteiger partial charge in [0.15, 0.2) is 0 Å². The molecule has 0 aliphatic heterocycles. The number of nitrogens with zero attached hydrogens (tertiary/aromatic N) is 3. The Labute approximate surface area is 155 Å². The fraction of sp³-hybridized carbons (Fsp3) is 0. The van der Waals surface area contributed by atoms with Crippen LogP contribution in [0.15, 0.2) is 91.0 Å². The van der Waals surface area contributed by atoms with E-state index in [0.29, 0.717) is 5.82 Å². The second-order valence-electron chi connectivity index (χ2n) is 5.64. The summed E-state index contributed by atoms with van der Waals surface area (Å²) in [4.78, 5) is 0. The minimum atomic E-state index is -3.29. The van der Waals surface area contributed by atoms with Crippen molar-refractivity contribution < 1.29 is 12.6 Å². The average molecular weight is 409 g/mol. The Kier molecular flexibility index (Phi) is 4.54. The van der Waals surface area contributed by atoms with Gasteiger partial charge in [-0.25, -0.2) is 0 Å². The molecule has 0 radical (unpaired) electrons. The van der Waals surface area contributed by atoms with Crippen LogP contribution < -0.4 is 9.29 Å². The van der Waals surface area contributed by atoms with Crippen molar-refractivity contribution in [3.05, 3.63) is 91.0 Å². The van der Waals surface area contributed by atoms with Gasteiger partial charge in [0.2, 0.25) is 0 Å². The van der Waals surface area contributed by atoms with E-state index >= 15 is 0 Å². The predicted octanol–water partition coefficient (Wildman–Crippen LogP) is 1.93. The average Bonchev–Trinajstić information content (AvgIpc) is 3.11. The third-order valence-electron chi connectivity index (χ3n) is 3.98. The summed E-state index contributed by atoms with van der Waals surface area (Å²) in [7, 11) is 0. The number of hydrogen-bond acceptors (Lipinski definition) is 2. The zero-order chi connectivity index (χ0) is 17.9. The first-order valence-electron chi connectivity index (χ1n) is 8.08. The van der Waals surface area contributed by atoms with Crippen LogP contribution >= 0.6 is 0 Å². The topological polar surface area (TPSA) is 59.0 Å². The predicted molar refractivity (Wildman–Crippen MR) is 98.8 cm³/mol. The maximum atomic E-state index is 12.4. The van der Waals surface area contributed by atoms with Crippen LogP contribution in [-0.2, 0) is 3.83 Å². The van der Waals surface area contributed by atoms with Crippen LogP contribution in [0.1, 0.15) is 0 Å². The molecule has 1 heterocycles. The van der Waals surface area contributed by atoms with Gasteiger partial charge in [0.1, 0.15) is 0 Å². The third kappa shape index (κ3) is 3.02. The van der Waals surface area contributed by atoms with Crippen LogP contribution in [-0.4, -0.2) is 28.1 Å². The van der Waals surface area contributed by atoms with Crippen LogP contribution in [0.25, 0.3) is 22.8 Å². The summed E-state index contributed by atoms with van der Waals surface area (Å²) in [6, 6.07) is 28.6. The van der Waals surface area contributed by atoms with Crippen LogP contribution in [0, 0.1) is 0 Å². The zero-order valence-electron chi connectivity index (χ0n) is 13.8. The molecule has 0 saturated heterocycles. The minimum absolute atomic E-state index is 0.279. The normalized spacial score (nSPS) is 12.0. The van der Waals surface area contributed by atoms with Crippen molar-refractivity contribution in [1.82, 2.24) is 9.78 Å². The monoisotopic (exact) mass is 410 g/mol. The maximum absolute atomic E-state index is 12.4. The molecule has 4 rings (SSSR count). The Hall–Kier alpha value is -2.92. The van der Waals surface area contributed by atoms with E-state index in [4.69, 9.17) is 5.10 Å². The van der Waals surface area contributed by atoms with Gasteiger partial charge < -0.3 is 0 Å². The third-order valence-corrected chi connectivity index (χ3v) is 5.38. The van der Waals surface area contributed by atoms with Crippen LogP contribution in [0.5, 0.6) is 0 Å². The second-order valence-corrected chi connectivity index (χ2v) is 7.45. The van der Waals surface area contributed by atoms with Gasteiger partial charge in [-0.15, -0.1) is 0 Å². The Bertz CT molecular complexity index is 1050. The molecule has 0 spiro atoms. The zero-order valence-corrected chi connectivity index (χ0v) is 15.5. The first-order chi connectivity index (χ1) is 12.8. The van der Waals surface area contributed by atoms with Crippen molar-refractivity contribution in [3.8, 4) is 22.8 Å². The molecular formula is C20H16N3O2Se+. The van der Waals surface area contributed by atoms with Gasteiger partial charge in [-0.3, -0.25) is 0 Å². The molecule has 5 nitrogen and oxygen atoms in total. The Morgan fingerprint density at radius 1 is 0.808 bits per heavy atom. The summed E-state index contributed by atoms with van der Waals surface area (Å²) < 4.78 is 26.1. The molecule has 0 bridgehead atoms. The van der Waals surface area contributed by atoms with E-state index in [1.165, 1.54) is 0 Å². The molecule has 128 valence electrons. The van der Waals surface area contributed by atoms with E-state index in [1.54, 1.807) is 9.25 Å². The second kappa shape index (κ2) is 7.14. The van der Waals surface area contributed by atoms with Gasteiger partial charge in [-0.2, -0.15) is 0 Å². The van der Waals surface area contributed by atoms with E-state index in [0.717, 1.165) is 16.9 Å². The molecular weight excluding hydrogens is 393 g/mol. The fourth-order valence-electron chi connectivity index (χ4n) is 2.84. The molecule has 1 aromatic heterocycles. The van der Waals surface area contributed by atoms with Gasteiger partial charge in [-0.05, 0) is 0 Å². The van der Waals surface area contributed by atoms with Crippen molar-refractivity contribution in [2.75, 3.05) is 0 Å². The van der Waals surface area contributed by atoms with E-state index < -0.39 is 14.2 Å². The van der Waals surface area contributed by atoms with Gasteiger partial charge in [0.05, 0.1) is 0 Å². The molecule has 0 fully saturated rings. The molecule has 1 N–H and O–H groups in total. The molecule has 6 heteroatoms. The molecule has 0 aliphatic rings. The van der Waals surface area contributed by atoms with Gasteiger partial charge in [0.25, 0.3) is 0 Å². The summed E-state index contributed by atoms with van der Waals surface area (Å²) in [5, 5.41) is 4.70. The summed E-state index contributed by atoms with van der Waals surface area (Å²) in [6.45, 7) is 0. The summed E-state index contributed by atoms with van der Waals surface area (Å²) >= 11 is -3.29. The quantitative estimate of drug-likeness (QED) is 0.414. The van der Waals surface area contributed by atoms with Gasteiger partial charge in [0, 0.05) is 0 Å². The number of benzene rings is 3. The molecule has 1 unspecified atom stereocenters. The molecule has 26 heavy (non-hydrogen) atoms. The summed E-state index contributed by atoms with van der Waals surface area (Å²) in [5.74, 6) is 0.620. The van der Waals surface area contributed by atoms with Crippen molar-refractivity contribution in [1.29, 1.82) is 0 Å². The summed E-state index contributed by atoms with van der Waals surface area (Å²) in [5.41, 5.74) is 2.41. The van der Waals surface area contributed by atoms with Crippen LogP contribution in [0.2, 0.25) is 0 Å². The molecule has 0 amide bonds. The molecule has 4 aromatic rings. The number of aromatic nitrogens is 3. The first kappa shape index (κ1) is 16.5. The Balaban J connectivity index is 2.07. The van der Waals surface area contributed by atoms with Gasteiger partial charge >= 0.3 is 155 Å². The number of rotatable bonds is 4. The Morgan fingerprint density at radius 2 is 1.35 bits per heavy atom. The van der Waals surface area contributed by atoms with Crippen molar-refractivity contribution in [2.24, 2.45) is 0 Å². The van der Waals surface area contributed by atoms with E-state index in [-0.39, 0.29) is 4.72 Å². The van der Waals surface area contributed by atoms with Crippen LogP contribution in [0.4, 0.5) is 0 Å². The van der Waals surface area contributed by atoms with Gasteiger partial charge in [-0.1, -0.05) is 0 Å². The molecule has 1 atom stereocenters. The fourth-order valence-corrected chi connectivity index (χ4v) is 4.19. The molecule has 3 aromatic carbocycles. The van der Waals surface area contributed by atoms with E-state index in [9.17, 15) is 8.02 Å². The van der Waals surface area contributed by atoms with Crippen molar-refractivity contribution >= 4 is 18.9 Å². The molecule has 0 aliphatic carbocycles. The number of hydrogen-bond donors (Lipinski definition) is 1. The van der Waals surface area contributed by atoms with E-state index in [2.05, 4.69) is 0 Å². The standard InChI is InChI=1S/C20H15N3O2Se/c24-26(25)20-22(17-12-6-2-7-13-17)19(16-10-4-1-5-11-16)21-23(20)18-14-8-3-9-15-18/h1-15H/p+1. The number of para-hydroxylation sites is 2. The Morgan fingerprint density at radius 3 is 1.92 bits per heavy atom. The summed E-state index contributed by atoms with van der Waals surface area (Å²) in [6.07, 6.45) is 0.